The zero-order valence-electron chi connectivity index (χ0n) is 10.4. The van der Waals surface area contributed by atoms with Crippen LogP contribution in [0.3, 0.4) is 0 Å². The average molecular weight is 275 g/mol. The summed E-state index contributed by atoms with van der Waals surface area (Å²) in [5, 5.41) is 3.28. The summed E-state index contributed by atoms with van der Waals surface area (Å²) in [6.07, 6.45) is -2.41. The molecule has 106 valence electrons. The number of benzene rings is 1. The lowest BCUT2D eigenvalue weighted by atomic mass is 10.0. The molecule has 1 atom stereocenters. The predicted molar refractivity (Wildman–Crippen MR) is 64.2 cm³/mol. The molecule has 1 N–H and O–H groups in total. The van der Waals surface area contributed by atoms with E-state index in [-0.39, 0.29) is 5.75 Å². The van der Waals surface area contributed by atoms with Crippen molar-refractivity contribution in [2.75, 3.05) is 19.7 Å². The minimum atomic E-state index is -4.66. The van der Waals surface area contributed by atoms with Gasteiger partial charge in [-0.25, -0.2) is 0 Å². The molecule has 0 saturated carbocycles. The van der Waals surface area contributed by atoms with Crippen LogP contribution in [0, 0.1) is 5.92 Å². The van der Waals surface area contributed by atoms with Crippen molar-refractivity contribution in [3.05, 3.63) is 24.3 Å². The lowest BCUT2D eigenvalue weighted by Crippen LogP contribution is -2.33. The van der Waals surface area contributed by atoms with Gasteiger partial charge in [-0.1, -0.05) is 0 Å². The van der Waals surface area contributed by atoms with Gasteiger partial charge < -0.3 is 14.8 Å². The fourth-order valence-electron chi connectivity index (χ4n) is 2.02. The summed E-state index contributed by atoms with van der Waals surface area (Å²) in [4.78, 5) is 0. The first kappa shape index (κ1) is 14.0. The van der Waals surface area contributed by atoms with Gasteiger partial charge in [-0.05, 0) is 43.7 Å². The van der Waals surface area contributed by atoms with Gasteiger partial charge in [0.1, 0.15) is 11.5 Å². The van der Waals surface area contributed by atoms with E-state index in [2.05, 4.69) is 10.1 Å². The Labute approximate surface area is 109 Å². The van der Waals surface area contributed by atoms with E-state index >= 15 is 0 Å². The normalized spacial score (nSPS) is 20.1. The van der Waals surface area contributed by atoms with Crippen LogP contribution in [0.1, 0.15) is 12.8 Å². The van der Waals surface area contributed by atoms with Crippen molar-refractivity contribution in [3.63, 3.8) is 0 Å². The van der Waals surface area contributed by atoms with Crippen LogP contribution >= 0.6 is 0 Å². The maximum atomic E-state index is 12.0. The first-order chi connectivity index (χ1) is 9.03. The highest BCUT2D eigenvalue weighted by Crippen LogP contribution is 2.25. The van der Waals surface area contributed by atoms with Gasteiger partial charge in [0.15, 0.2) is 0 Å². The van der Waals surface area contributed by atoms with Crippen molar-refractivity contribution in [2.24, 2.45) is 5.92 Å². The molecular formula is C13H16F3NO2. The number of ether oxygens (including phenoxy) is 2. The molecule has 1 fully saturated rings. The molecule has 1 aromatic carbocycles. The Morgan fingerprint density at radius 2 is 1.84 bits per heavy atom. The van der Waals surface area contributed by atoms with Crippen LogP contribution in [0.25, 0.3) is 0 Å². The molecule has 19 heavy (non-hydrogen) atoms. The molecule has 0 unspecified atom stereocenters. The third kappa shape index (κ3) is 4.98. The molecule has 2 rings (SSSR count). The van der Waals surface area contributed by atoms with Gasteiger partial charge in [-0.15, -0.1) is 13.2 Å². The predicted octanol–water partition coefficient (Wildman–Crippen LogP) is 2.96. The fraction of sp³-hybridized carbons (Fsp3) is 0.538. The second-order valence-electron chi connectivity index (χ2n) is 4.54. The Bertz CT molecular complexity index is 386. The van der Waals surface area contributed by atoms with E-state index in [0.717, 1.165) is 25.9 Å². The van der Waals surface area contributed by atoms with Crippen LogP contribution in [-0.2, 0) is 0 Å². The Kier molecular flexibility index (Phi) is 4.52. The summed E-state index contributed by atoms with van der Waals surface area (Å²) in [7, 11) is 0. The molecule has 3 nitrogen and oxygen atoms in total. The van der Waals surface area contributed by atoms with Gasteiger partial charge in [0.25, 0.3) is 0 Å². The molecule has 1 saturated heterocycles. The van der Waals surface area contributed by atoms with Crippen molar-refractivity contribution in [1.82, 2.24) is 5.32 Å². The van der Waals surface area contributed by atoms with Crippen LogP contribution in [-0.4, -0.2) is 26.1 Å². The largest absolute Gasteiger partial charge is 0.573 e. The van der Waals surface area contributed by atoms with Crippen LogP contribution in [0.2, 0.25) is 0 Å². The van der Waals surface area contributed by atoms with Gasteiger partial charge >= 0.3 is 6.36 Å². The fourth-order valence-corrected chi connectivity index (χ4v) is 2.02. The summed E-state index contributed by atoms with van der Waals surface area (Å²) in [5.41, 5.74) is 0. The second kappa shape index (κ2) is 6.14. The minimum absolute atomic E-state index is 0.237. The lowest BCUT2D eigenvalue weighted by molar-refractivity contribution is -0.274. The average Bonchev–Trinajstić information content (AvgIpc) is 2.37. The maximum Gasteiger partial charge on any atom is 0.573 e. The third-order valence-corrected chi connectivity index (χ3v) is 2.94. The Hall–Kier alpha value is -1.43. The smallest absolute Gasteiger partial charge is 0.493 e. The molecule has 0 aromatic heterocycles. The van der Waals surface area contributed by atoms with Crippen LogP contribution in [0.4, 0.5) is 13.2 Å². The monoisotopic (exact) mass is 275 g/mol. The van der Waals surface area contributed by atoms with Crippen molar-refractivity contribution in [3.8, 4) is 11.5 Å². The topological polar surface area (TPSA) is 30.5 Å². The van der Waals surface area contributed by atoms with E-state index in [0.29, 0.717) is 18.3 Å². The summed E-state index contributed by atoms with van der Waals surface area (Å²) < 4.78 is 45.3. The number of hydrogen-bond donors (Lipinski definition) is 1. The van der Waals surface area contributed by atoms with Crippen LogP contribution in [0.5, 0.6) is 11.5 Å². The summed E-state index contributed by atoms with van der Waals surface area (Å²) >= 11 is 0. The molecule has 6 heteroatoms. The van der Waals surface area contributed by atoms with Crippen molar-refractivity contribution < 1.29 is 22.6 Å². The highest BCUT2D eigenvalue weighted by molar-refractivity contribution is 5.31. The van der Waals surface area contributed by atoms with E-state index in [9.17, 15) is 13.2 Å². The van der Waals surface area contributed by atoms with E-state index in [1.54, 1.807) is 0 Å². The molecule has 1 heterocycles. The van der Waals surface area contributed by atoms with Gasteiger partial charge in [-0.2, -0.15) is 0 Å². The first-order valence-corrected chi connectivity index (χ1v) is 6.22. The van der Waals surface area contributed by atoms with Crippen molar-refractivity contribution >= 4 is 0 Å². The van der Waals surface area contributed by atoms with E-state index in [4.69, 9.17) is 4.74 Å². The zero-order valence-corrected chi connectivity index (χ0v) is 10.4. The number of nitrogens with one attached hydrogen (secondary N) is 1. The molecule has 0 bridgehead atoms. The number of rotatable bonds is 4. The highest BCUT2D eigenvalue weighted by atomic mass is 19.4. The number of hydrogen-bond acceptors (Lipinski definition) is 3. The molecule has 0 aliphatic carbocycles. The quantitative estimate of drug-likeness (QED) is 0.916. The SMILES string of the molecule is FC(F)(F)Oc1ccc(OC[C@@H]2CCCNC2)cc1. The zero-order chi connectivity index (χ0) is 13.7. The standard InChI is InChI=1S/C13H16F3NO2/c14-13(15,16)19-12-5-3-11(4-6-12)18-9-10-2-1-7-17-8-10/h3-6,10,17H,1-2,7-9H2/t10-/m1/s1. The van der Waals surface area contributed by atoms with E-state index in [1.807, 2.05) is 0 Å². The molecule has 1 aliphatic rings. The van der Waals surface area contributed by atoms with Crippen molar-refractivity contribution in [1.29, 1.82) is 0 Å². The molecule has 1 aromatic rings. The molecular weight excluding hydrogens is 259 g/mol. The molecule has 0 radical (unpaired) electrons. The second-order valence-corrected chi connectivity index (χ2v) is 4.54. The van der Waals surface area contributed by atoms with Gasteiger partial charge in [0.2, 0.25) is 0 Å². The van der Waals surface area contributed by atoms with Gasteiger partial charge in [0, 0.05) is 12.5 Å². The van der Waals surface area contributed by atoms with Gasteiger partial charge in [0.05, 0.1) is 6.61 Å². The summed E-state index contributed by atoms with van der Waals surface area (Å²) in [5.74, 6) is 0.777. The number of alkyl halides is 3. The Morgan fingerprint density at radius 1 is 1.16 bits per heavy atom. The molecule has 1 aliphatic heterocycles. The van der Waals surface area contributed by atoms with Gasteiger partial charge in [-0.3, -0.25) is 0 Å². The Balaban J connectivity index is 1.81. The maximum absolute atomic E-state index is 12.0. The highest BCUT2D eigenvalue weighted by Gasteiger charge is 2.30. The lowest BCUT2D eigenvalue weighted by Gasteiger charge is -2.22. The third-order valence-electron chi connectivity index (χ3n) is 2.94. The molecule has 0 spiro atoms. The first-order valence-electron chi connectivity index (χ1n) is 6.22. The van der Waals surface area contributed by atoms with Crippen LogP contribution in [0.15, 0.2) is 24.3 Å². The Morgan fingerprint density at radius 3 is 2.42 bits per heavy atom. The summed E-state index contributed by atoms with van der Waals surface area (Å²) in [6, 6.07) is 5.47. The van der Waals surface area contributed by atoms with E-state index < -0.39 is 6.36 Å². The number of piperidine rings is 1. The molecule has 0 amide bonds. The number of halogens is 3. The van der Waals surface area contributed by atoms with Crippen LogP contribution < -0.4 is 14.8 Å². The van der Waals surface area contributed by atoms with E-state index in [1.165, 1.54) is 24.3 Å². The van der Waals surface area contributed by atoms with Crippen molar-refractivity contribution in [2.45, 2.75) is 19.2 Å². The summed E-state index contributed by atoms with van der Waals surface area (Å²) in [6.45, 7) is 2.54. The minimum Gasteiger partial charge on any atom is -0.493 e.